The Hall–Kier alpha value is -1.85. The first-order valence-electron chi connectivity index (χ1n) is 5.23. The SMILES string of the molecule is CC=CC(=O)OCCCCOC(=O)CC(=O)O. The van der Waals surface area contributed by atoms with Crippen molar-refractivity contribution >= 4 is 17.9 Å². The number of ether oxygens (including phenoxy) is 2. The largest absolute Gasteiger partial charge is 0.481 e. The van der Waals surface area contributed by atoms with Crippen molar-refractivity contribution in [1.82, 2.24) is 0 Å². The number of hydrogen-bond acceptors (Lipinski definition) is 5. The summed E-state index contributed by atoms with van der Waals surface area (Å²) in [5.74, 6) is -2.38. The summed E-state index contributed by atoms with van der Waals surface area (Å²) in [4.78, 5) is 31.7. The summed E-state index contributed by atoms with van der Waals surface area (Å²) >= 11 is 0. The van der Waals surface area contributed by atoms with Crippen molar-refractivity contribution < 1.29 is 29.0 Å². The quantitative estimate of drug-likeness (QED) is 0.295. The number of hydrogen-bond donors (Lipinski definition) is 1. The molecule has 6 heteroatoms. The van der Waals surface area contributed by atoms with Gasteiger partial charge in [-0.15, -0.1) is 0 Å². The number of rotatable bonds is 8. The van der Waals surface area contributed by atoms with Crippen LogP contribution in [0.2, 0.25) is 0 Å². The van der Waals surface area contributed by atoms with Gasteiger partial charge in [0.25, 0.3) is 0 Å². The van der Waals surface area contributed by atoms with Crippen molar-refractivity contribution in [3.05, 3.63) is 12.2 Å². The monoisotopic (exact) mass is 244 g/mol. The Kier molecular flexibility index (Phi) is 8.36. The lowest BCUT2D eigenvalue weighted by molar-refractivity contribution is -0.151. The highest BCUT2D eigenvalue weighted by Crippen LogP contribution is 1.95. The number of carbonyl (C=O) groups excluding carboxylic acids is 2. The molecule has 6 nitrogen and oxygen atoms in total. The van der Waals surface area contributed by atoms with Crippen LogP contribution < -0.4 is 0 Å². The number of carboxylic acid groups (broad SMARTS) is 1. The molecule has 0 aliphatic carbocycles. The molecule has 0 spiro atoms. The molecule has 0 aliphatic rings. The second kappa shape index (κ2) is 9.38. The zero-order valence-electron chi connectivity index (χ0n) is 9.68. The number of aliphatic carboxylic acids is 1. The average molecular weight is 244 g/mol. The van der Waals surface area contributed by atoms with Gasteiger partial charge in [0.1, 0.15) is 6.42 Å². The Morgan fingerprint density at radius 1 is 1.12 bits per heavy atom. The second-order valence-corrected chi connectivity index (χ2v) is 3.17. The molecule has 0 radical (unpaired) electrons. The van der Waals surface area contributed by atoms with Crippen LogP contribution in [0.25, 0.3) is 0 Å². The van der Waals surface area contributed by atoms with Crippen LogP contribution in [0.4, 0.5) is 0 Å². The number of carbonyl (C=O) groups is 3. The van der Waals surface area contributed by atoms with Crippen molar-refractivity contribution in [2.75, 3.05) is 13.2 Å². The summed E-state index contributed by atoms with van der Waals surface area (Å²) in [6, 6.07) is 0. The van der Waals surface area contributed by atoms with Crippen LogP contribution in [-0.4, -0.2) is 36.2 Å². The fourth-order valence-corrected chi connectivity index (χ4v) is 0.922. The third kappa shape index (κ3) is 10.4. The van der Waals surface area contributed by atoms with Gasteiger partial charge in [0.05, 0.1) is 13.2 Å². The van der Waals surface area contributed by atoms with Crippen LogP contribution in [0.15, 0.2) is 12.2 Å². The highest BCUT2D eigenvalue weighted by Gasteiger charge is 2.07. The molecule has 0 rings (SSSR count). The van der Waals surface area contributed by atoms with Gasteiger partial charge in [-0.3, -0.25) is 9.59 Å². The summed E-state index contributed by atoms with van der Waals surface area (Å²) in [6.45, 7) is 2.09. The molecule has 0 saturated heterocycles. The molecule has 0 amide bonds. The van der Waals surface area contributed by atoms with Gasteiger partial charge in [-0.05, 0) is 19.8 Å². The van der Waals surface area contributed by atoms with Gasteiger partial charge < -0.3 is 14.6 Å². The molecule has 0 atom stereocenters. The molecule has 0 aliphatic heterocycles. The maximum atomic E-state index is 10.8. The topological polar surface area (TPSA) is 89.9 Å². The second-order valence-electron chi connectivity index (χ2n) is 3.17. The third-order valence-corrected chi connectivity index (χ3v) is 1.64. The Morgan fingerprint density at radius 3 is 2.24 bits per heavy atom. The minimum absolute atomic E-state index is 0.132. The van der Waals surface area contributed by atoms with E-state index in [4.69, 9.17) is 9.84 Å². The molecular formula is C11H16O6. The van der Waals surface area contributed by atoms with Crippen LogP contribution in [0.1, 0.15) is 26.2 Å². The summed E-state index contributed by atoms with van der Waals surface area (Å²) in [7, 11) is 0. The molecule has 1 N–H and O–H groups in total. The van der Waals surface area contributed by atoms with E-state index in [2.05, 4.69) is 4.74 Å². The molecule has 0 unspecified atom stereocenters. The van der Waals surface area contributed by atoms with E-state index in [9.17, 15) is 14.4 Å². The lowest BCUT2D eigenvalue weighted by Gasteiger charge is -2.03. The van der Waals surface area contributed by atoms with Gasteiger partial charge >= 0.3 is 17.9 Å². The fourth-order valence-electron chi connectivity index (χ4n) is 0.922. The zero-order chi connectivity index (χ0) is 13.1. The van der Waals surface area contributed by atoms with E-state index >= 15 is 0 Å². The molecule has 0 aromatic heterocycles. The maximum Gasteiger partial charge on any atom is 0.330 e. The maximum absolute atomic E-state index is 10.8. The van der Waals surface area contributed by atoms with E-state index in [1.54, 1.807) is 13.0 Å². The van der Waals surface area contributed by atoms with Gasteiger partial charge in [0.15, 0.2) is 0 Å². The minimum atomic E-state index is -1.21. The molecule has 0 saturated carbocycles. The summed E-state index contributed by atoms with van der Waals surface area (Å²) in [5, 5.41) is 8.27. The fraction of sp³-hybridized carbons (Fsp3) is 0.545. The predicted molar refractivity (Wildman–Crippen MR) is 58.2 cm³/mol. The Labute approximate surface area is 99.2 Å². The van der Waals surface area contributed by atoms with Crippen molar-refractivity contribution in [1.29, 1.82) is 0 Å². The summed E-state index contributed by atoms with van der Waals surface area (Å²) in [5.41, 5.74) is 0. The number of carboxylic acids is 1. The van der Waals surface area contributed by atoms with Gasteiger partial charge in [0, 0.05) is 6.08 Å². The lowest BCUT2D eigenvalue weighted by Crippen LogP contribution is -2.11. The Bertz CT molecular complexity index is 294. The van der Waals surface area contributed by atoms with Crippen LogP contribution >= 0.6 is 0 Å². The zero-order valence-corrected chi connectivity index (χ0v) is 9.68. The molecule has 0 aromatic rings. The normalized spacial score (nSPS) is 10.2. The van der Waals surface area contributed by atoms with E-state index in [1.807, 2.05) is 0 Å². The predicted octanol–water partition coefficient (Wildman–Crippen LogP) is 0.904. The van der Waals surface area contributed by atoms with Crippen molar-refractivity contribution in [2.24, 2.45) is 0 Å². The first-order valence-corrected chi connectivity index (χ1v) is 5.23. The molecule has 0 aromatic carbocycles. The molecular weight excluding hydrogens is 228 g/mol. The standard InChI is InChI=1S/C11H16O6/c1-2-5-10(14)16-6-3-4-7-17-11(15)8-9(12)13/h2,5H,3-4,6-8H2,1H3,(H,12,13). The number of allylic oxidation sites excluding steroid dienone is 1. The van der Waals surface area contributed by atoms with Crippen LogP contribution in [-0.2, 0) is 23.9 Å². The molecule has 0 fully saturated rings. The minimum Gasteiger partial charge on any atom is -0.481 e. The van der Waals surface area contributed by atoms with E-state index in [1.165, 1.54) is 6.08 Å². The Morgan fingerprint density at radius 2 is 1.71 bits per heavy atom. The highest BCUT2D eigenvalue weighted by molar-refractivity contribution is 5.90. The number of unbranched alkanes of at least 4 members (excludes halogenated alkanes) is 1. The van der Waals surface area contributed by atoms with E-state index in [0.717, 1.165) is 0 Å². The first-order chi connectivity index (χ1) is 8.06. The van der Waals surface area contributed by atoms with Gasteiger partial charge in [-0.1, -0.05) is 6.08 Å². The van der Waals surface area contributed by atoms with Crippen LogP contribution in [0.3, 0.4) is 0 Å². The van der Waals surface area contributed by atoms with E-state index < -0.39 is 24.3 Å². The third-order valence-electron chi connectivity index (χ3n) is 1.64. The van der Waals surface area contributed by atoms with E-state index in [-0.39, 0.29) is 13.2 Å². The molecule has 0 bridgehead atoms. The van der Waals surface area contributed by atoms with Crippen molar-refractivity contribution in [2.45, 2.75) is 26.2 Å². The van der Waals surface area contributed by atoms with Crippen LogP contribution in [0.5, 0.6) is 0 Å². The average Bonchev–Trinajstić information content (AvgIpc) is 2.22. The van der Waals surface area contributed by atoms with Crippen molar-refractivity contribution in [3.63, 3.8) is 0 Å². The first kappa shape index (κ1) is 15.2. The van der Waals surface area contributed by atoms with Gasteiger partial charge in [-0.25, -0.2) is 4.79 Å². The highest BCUT2D eigenvalue weighted by atomic mass is 16.5. The van der Waals surface area contributed by atoms with Crippen molar-refractivity contribution in [3.8, 4) is 0 Å². The molecule has 17 heavy (non-hydrogen) atoms. The number of esters is 2. The van der Waals surface area contributed by atoms with E-state index in [0.29, 0.717) is 12.8 Å². The summed E-state index contributed by atoms with van der Waals surface area (Å²) in [6.07, 6.45) is 3.34. The van der Waals surface area contributed by atoms with Gasteiger partial charge in [-0.2, -0.15) is 0 Å². The molecule has 96 valence electrons. The Balaban J connectivity index is 3.38. The molecule has 0 heterocycles. The van der Waals surface area contributed by atoms with Gasteiger partial charge in [0.2, 0.25) is 0 Å². The lowest BCUT2D eigenvalue weighted by atomic mass is 10.3. The van der Waals surface area contributed by atoms with Crippen LogP contribution in [0, 0.1) is 0 Å². The summed E-state index contributed by atoms with van der Waals surface area (Å²) < 4.78 is 9.43. The smallest absolute Gasteiger partial charge is 0.330 e.